The molecular formula is C17H15ClFN5O. The van der Waals surface area contributed by atoms with E-state index in [4.69, 9.17) is 11.6 Å². The molecule has 2 aromatic heterocycles. The molecule has 0 unspecified atom stereocenters. The van der Waals surface area contributed by atoms with Crippen molar-refractivity contribution in [1.29, 1.82) is 0 Å². The summed E-state index contributed by atoms with van der Waals surface area (Å²) in [5.41, 5.74) is 1.55. The van der Waals surface area contributed by atoms with Gasteiger partial charge >= 0.3 is 0 Å². The van der Waals surface area contributed by atoms with Gasteiger partial charge in [0.1, 0.15) is 10.8 Å². The van der Waals surface area contributed by atoms with Gasteiger partial charge in [0.05, 0.1) is 12.7 Å². The summed E-state index contributed by atoms with van der Waals surface area (Å²) in [6, 6.07) is 6.21. The predicted molar refractivity (Wildman–Crippen MR) is 93.6 cm³/mol. The van der Waals surface area contributed by atoms with Crippen molar-refractivity contribution in [3.05, 3.63) is 70.9 Å². The number of aryl methyl sites for hydroxylation is 1. The molecular weight excluding hydrogens is 345 g/mol. The topological polar surface area (TPSA) is 64.7 Å². The van der Waals surface area contributed by atoms with Crippen LogP contribution < -0.4 is 5.32 Å². The quantitative estimate of drug-likeness (QED) is 0.712. The lowest BCUT2D eigenvalue weighted by Crippen LogP contribution is -2.09. The van der Waals surface area contributed by atoms with Gasteiger partial charge in [-0.2, -0.15) is 10.2 Å². The number of benzene rings is 1. The zero-order chi connectivity index (χ0) is 17.8. The largest absolute Gasteiger partial charge is 0.304 e. The molecule has 0 fully saturated rings. The van der Waals surface area contributed by atoms with Gasteiger partial charge in [-0.3, -0.25) is 14.2 Å². The Morgan fingerprint density at radius 3 is 2.96 bits per heavy atom. The Kier molecular flexibility index (Phi) is 4.95. The third kappa shape index (κ3) is 4.54. The number of amides is 1. The maximum absolute atomic E-state index is 13.2. The zero-order valence-electron chi connectivity index (χ0n) is 13.4. The monoisotopic (exact) mass is 359 g/mol. The average Bonchev–Trinajstić information content (AvgIpc) is 3.11. The summed E-state index contributed by atoms with van der Waals surface area (Å²) in [5, 5.41) is 11.1. The number of aromatic nitrogens is 4. The van der Waals surface area contributed by atoms with Crippen LogP contribution in [-0.2, 0) is 18.4 Å². The Morgan fingerprint density at radius 1 is 1.40 bits per heavy atom. The summed E-state index contributed by atoms with van der Waals surface area (Å²) in [4.78, 5) is 12.0. The average molecular weight is 360 g/mol. The van der Waals surface area contributed by atoms with Crippen LogP contribution in [0.5, 0.6) is 0 Å². The highest BCUT2D eigenvalue weighted by atomic mass is 35.5. The Hall–Kier alpha value is -2.93. The van der Waals surface area contributed by atoms with Crippen molar-refractivity contribution in [2.75, 3.05) is 5.32 Å². The summed E-state index contributed by atoms with van der Waals surface area (Å²) in [7, 11) is 1.79. The van der Waals surface area contributed by atoms with Crippen molar-refractivity contribution in [1.82, 2.24) is 19.6 Å². The van der Waals surface area contributed by atoms with Crippen molar-refractivity contribution >= 4 is 29.4 Å². The second kappa shape index (κ2) is 7.31. The maximum atomic E-state index is 13.2. The summed E-state index contributed by atoms with van der Waals surface area (Å²) in [6.07, 6.45) is 8.01. The summed E-state index contributed by atoms with van der Waals surface area (Å²) >= 11 is 6.10. The Morgan fingerprint density at radius 2 is 2.24 bits per heavy atom. The first-order chi connectivity index (χ1) is 12.0. The molecule has 3 aromatic rings. The number of hydrogen-bond acceptors (Lipinski definition) is 3. The van der Waals surface area contributed by atoms with E-state index in [9.17, 15) is 9.18 Å². The van der Waals surface area contributed by atoms with Crippen LogP contribution in [0.4, 0.5) is 10.2 Å². The van der Waals surface area contributed by atoms with E-state index in [0.29, 0.717) is 11.6 Å². The van der Waals surface area contributed by atoms with E-state index in [1.54, 1.807) is 48.5 Å². The van der Waals surface area contributed by atoms with Crippen molar-refractivity contribution in [2.45, 2.75) is 6.54 Å². The third-order valence-corrected chi connectivity index (χ3v) is 3.62. The van der Waals surface area contributed by atoms with E-state index in [-0.39, 0.29) is 17.5 Å². The van der Waals surface area contributed by atoms with Gasteiger partial charge in [-0.15, -0.1) is 0 Å². The van der Waals surface area contributed by atoms with Crippen LogP contribution >= 0.6 is 11.6 Å². The fraction of sp³-hybridized carbons (Fsp3) is 0.118. The fourth-order valence-electron chi connectivity index (χ4n) is 2.24. The first-order valence-corrected chi connectivity index (χ1v) is 7.82. The number of nitrogens with zero attached hydrogens (tertiary/aromatic N) is 4. The molecule has 1 N–H and O–H groups in total. The number of halogens is 2. The van der Waals surface area contributed by atoms with Crippen LogP contribution in [0.25, 0.3) is 6.08 Å². The van der Waals surface area contributed by atoms with Gasteiger partial charge in [-0.05, 0) is 23.8 Å². The second-order valence-corrected chi connectivity index (χ2v) is 5.83. The van der Waals surface area contributed by atoms with E-state index in [2.05, 4.69) is 15.5 Å². The van der Waals surface area contributed by atoms with Gasteiger partial charge in [0.15, 0.2) is 5.82 Å². The molecule has 0 aliphatic carbocycles. The SMILES string of the molecule is Cn1cc(/C=C/C(=O)Nc2nn(Cc3cccc(F)c3)cc2Cl)cn1. The highest BCUT2D eigenvalue weighted by Crippen LogP contribution is 2.20. The van der Waals surface area contributed by atoms with Crippen LogP contribution in [0.1, 0.15) is 11.1 Å². The Balaban J connectivity index is 1.65. The minimum atomic E-state index is -0.359. The number of rotatable bonds is 5. The molecule has 2 heterocycles. The van der Waals surface area contributed by atoms with Gasteiger partial charge in [0, 0.05) is 31.1 Å². The third-order valence-electron chi connectivity index (χ3n) is 3.34. The maximum Gasteiger partial charge on any atom is 0.249 e. The van der Waals surface area contributed by atoms with Gasteiger partial charge < -0.3 is 5.32 Å². The molecule has 25 heavy (non-hydrogen) atoms. The lowest BCUT2D eigenvalue weighted by atomic mass is 10.2. The van der Waals surface area contributed by atoms with Crippen LogP contribution in [0.15, 0.2) is 48.9 Å². The molecule has 8 heteroatoms. The van der Waals surface area contributed by atoms with E-state index in [0.717, 1.165) is 11.1 Å². The first kappa shape index (κ1) is 16.9. The van der Waals surface area contributed by atoms with Crippen LogP contribution in [0.3, 0.4) is 0 Å². The number of carbonyl (C=O) groups is 1. The van der Waals surface area contributed by atoms with Gasteiger partial charge in [0.2, 0.25) is 5.91 Å². The molecule has 0 saturated heterocycles. The summed E-state index contributed by atoms with van der Waals surface area (Å²) in [6.45, 7) is 0.346. The number of carbonyl (C=O) groups excluding carboxylic acids is 1. The van der Waals surface area contributed by atoms with E-state index >= 15 is 0 Å². The fourth-order valence-corrected chi connectivity index (χ4v) is 2.44. The molecule has 6 nitrogen and oxygen atoms in total. The molecule has 0 atom stereocenters. The van der Waals surface area contributed by atoms with E-state index in [1.165, 1.54) is 22.9 Å². The van der Waals surface area contributed by atoms with E-state index in [1.807, 2.05) is 0 Å². The molecule has 0 spiro atoms. The smallest absolute Gasteiger partial charge is 0.249 e. The van der Waals surface area contributed by atoms with Crippen LogP contribution in [0.2, 0.25) is 5.02 Å². The standard InChI is InChI=1S/C17H15ClFN5O/c1-23-9-13(8-20-23)5-6-16(25)21-17-15(18)11-24(22-17)10-12-3-2-4-14(19)7-12/h2-9,11H,10H2,1H3,(H,21,22,25)/b6-5+. The van der Waals surface area contributed by atoms with Gasteiger partial charge in [0.25, 0.3) is 0 Å². The lowest BCUT2D eigenvalue weighted by Gasteiger charge is -2.02. The number of hydrogen-bond donors (Lipinski definition) is 1. The molecule has 0 aliphatic heterocycles. The summed E-state index contributed by atoms with van der Waals surface area (Å²) in [5.74, 6) is -0.425. The molecule has 0 aliphatic rings. The van der Waals surface area contributed by atoms with Crippen molar-refractivity contribution in [3.63, 3.8) is 0 Å². The highest BCUT2D eigenvalue weighted by Gasteiger charge is 2.09. The van der Waals surface area contributed by atoms with Crippen molar-refractivity contribution in [3.8, 4) is 0 Å². The molecule has 128 valence electrons. The minimum absolute atomic E-state index is 0.249. The Bertz CT molecular complexity index is 931. The predicted octanol–water partition coefficient (Wildman–Crippen LogP) is 3.11. The molecule has 0 saturated carbocycles. The van der Waals surface area contributed by atoms with Gasteiger partial charge in [-0.1, -0.05) is 23.7 Å². The van der Waals surface area contributed by atoms with Crippen LogP contribution in [-0.4, -0.2) is 25.5 Å². The lowest BCUT2D eigenvalue weighted by molar-refractivity contribution is -0.111. The highest BCUT2D eigenvalue weighted by molar-refractivity contribution is 6.33. The Labute approximate surface area is 148 Å². The molecule has 1 amide bonds. The van der Waals surface area contributed by atoms with Crippen molar-refractivity contribution in [2.24, 2.45) is 7.05 Å². The molecule has 1 aromatic carbocycles. The normalized spacial score (nSPS) is 11.2. The number of anilines is 1. The molecule has 0 bridgehead atoms. The first-order valence-electron chi connectivity index (χ1n) is 7.45. The summed E-state index contributed by atoms with van der Waals surface area (Å²) < 4.78 is 16.4. The van der Waals surface area contributed by atoms with Gasteiger partial charge in [-0.25, -0.2) is 4.39 Å². The molecule has 0 radical (unpaired) electrons. The zero-order valence-corrected chi connectivity index (χ0v) is 14.1. The minimum Gasteiger partial charge on any atom is -0.304 e. The second-order valence-electron chi connectivity index (χ2n) is 5.42. The van der Waals surface area contributed by atoms with Crippen molar-refractivity contribution < 1.29 is 9.18 Å². The van der Waals surface area contributed by atoms with Crippen LogP contribution in [0, 0.1) is 5.82 Å². The van der Waals surface area contributed by atoms with E-state index < -0.39 is 0 Å². The molecule has 3 rings (SSSR count). The number of nitrogens with one attached hydrogen (secondary N) is 1.